The highest BCUT2D eigenvalue weighted by Gasteiger charge is 2.38. The Morgan fingerprint density at radius 1 is 1.28 bits per heavy atom. The van der Waals surface area contributed by atoms with E-state index in [-0.39, 0.29) is 29.5 Å². The van der Waals surface area contributed by atoms with Gasteiger partial charge >= 0.3 is 0 Å². The second kappa shape index (κ2) is 5.91. The molecule has 1 aliphatic carbocycles. The van der Waals surface area contributed by atoms with Gasteiger partial charge in [-0.2, -0.15) is 0 Å². The topological polar surface area (TPSA) is 50.4 Å². The fraction of sp³-hybridized carbons (Fsp3) is 0.500. The molecule has 0 aliphatic heterocycles. The predicted molar refractivity (Wildman–Crippen MR) is 87.5 cm³/mol. The van der Waals surface area contributed by atoms with E-state index in [1.54, 1.807) is 0 Å². The van der Waals surface area contributed by atoms with Crippen molar-refractivity contribution in [3.8, 4) is 0 Å². The van der Waals surface area contributed by atoms with Crippen LogP contribution in [-0.4, -0.2) is 17.5 Å². The minimum atomic E-state index is -0.0231. The molecule has 0 amide bonds. The molecule has 1 aromatic carbocycles. The number of rotatable bonds is 2. The number of hydrogen-bond acceptors (Lipinski definition) is 1. The van der Waals surface area contributed by atoms with Crippen molar-refractivity contribution in [1.82, 2.24) is 5.32 Å². The Hall–Kier alpha value is -0.780. The van der Waals surface area contributed by atoms with Crippen molar-refractivity contribution in [1.29, 1.82) is 0 Å². The monoisotopic (exact) mass is 359 g/mol. The van der Waals surface area contributed by atoms with Gasteiger partial charge in [0.2, 0.25) is 0 Å². The van der Waals surface area contributed by atoms with E-state index in [4.69, 9.17) is 5.73 Å². The lowest BCUT2D eigenvalue weighted by Gasteiger charge is -2.21. The zero-order chi connectivity index (χ0) is 12.5. The van der Waals surface area contributed by atoms with E-state index in [1.807, 2.05) is 6.07 Å². The summed E-state index contributed by atoms with van der Waals surface area (Å²) in [6.07, 6.45) is 1.11. The molecule has 0 bridgehead atoms. The Morgan fingerprint density at radius 3 is 2.44 bits per heavy atom. The summed E-state index contributed by atoms with van der Waals surface area (Å²) in [5.74, 6) is 1.11. The maximum absolute atomic E-state index is 5.88. The molecule has 2 atom stereocenters. The van der Waals surface area contributed by atoms with Gasteiger partial charge in [-0.25, -0.2) is 4.99 Å². The SMILES string of the molecule is CC(C)(C)NC(N)=NC1CC1c1ccccc1.I. The lowest BCUT2D eigenvalue weighted by Crippen LogP contribution is -2.45. The lowest BCUT2D eigenvalue weighted by atomic mass is 10.1. The van der Waals surface area contributed by atoms with Crippen LogP contribution in [0.25, 0.3) is 0 Å². The highest BCUT2D eigenvalue weighted by Crippen LogP contribution is 2.43. The third-order valence-electron chi connectivity index (χ3n) is 2.79. The quantitative estimate of drug-likeness (QED) is 0.485. The van der Waals surface area contributed by atoms with Crippen molar-refractivity contribution in [2.75, 3.05) is 0 Å². The Bertz CT molecular complexity index is 409. The number of guanidine groups is 1. The molecule has 0 aromatic heterocycles. The van der Waals surface area contributed by atoms with Crippen LogP contribution in [0.15, 0.2) is 35.3 Å². The molecule has 0 radical (unpaired) electrons. The van der Waals surface area contributed by atoms with E-state index in [0.29, 0.717) is 17.9 Å². The average molecular weight is 359 g/mol. The van der Waals surface area contributed by atoms with E-state index in [9.17, 15) is 0 Å². The van der Waals surface area contributed by atoms with Crippen molar-refractivity contribution in [3.63, 3.8) is 0 Å². The molecule has 18 heavy (non-hydrogen) atoms. The summed E-state index contributed by atoms with van der Waals surface area (Å²) >= 11 is 0. The normalized spacial score (nSPS) is 23.2. The Kier molecular flexibility index (Phi) is 5.01. The third-order valence-corrected chi connectivity index (χ3v) is 2.79. The van der Waals surface area contributed by atoms with Crippen molar-refractivity contribution >= 4 is 29.9 Å². The molecule has 1 aromatic rings. The first-order chi connectivity index (χ1) is 7.96. The van der Waals surface area contributed by atoms with Crippen molar-refractivity contribution < 1.29 is 0 Å². The lowest BCUT2D eigenvalue weighted by molar-refractivity contribution is 0.508. The van der Waals surface area contributed by atoms with E-state index >= 15 is 0 Å². The molecule has 1 aliphatic rings. The minimum absolute atomic E-state index is 0. The van der Waals surface area contributed by atoms with Gasteiger partial charge in [-0.15, -0.1) is 24.0 Å². The van der Waals surface area contributed by atoms with Gasteiger partial charge in [-0.05, 0) is 32.8 Å². The molecular formula is C14H22IN3. The molecule has 1 fully saturated rings. The van der Waals surface area contributed by atoms with Crippen molar-refractivity contribution in [2.24, 2.45) is 10.7 Å². The van der Waals surface area contributed by atoms with Gasteiger partial charge in [-0.3, -0.25) is 0 Å². The summed E-state index contributed by atoms with van der Waals surface area (Å²) in [6, 6.07) is 10.9. The van der Waals surface area contributed by atoms with Gasteiger partial charge in [0.25, 0.3) is 0 Å². The highest BCUT2D eigenvalue weighted by atomic mass is 127. The largest absolute Gasteiger partial charge is 0.370 e. The summed E-state index contributed by atoms with van der Waals surface area (Å²) in [5.41, 5.74) is 7.22. The molecule has 3 nitrogen and oxygen atoms in total. The van der Waals surface area contributed by atoms with Crippen molar-refractivity contribution in [2.45, 2.75) is 44.7 Å². The molecule has 0 saturated heterocycles. The number of nitrogens with zero attached hydrogens (tertiary/aromatic N) is 1. The number of aliphatic imine (C=N–C) groups is 1. The van der Waals surface area contributed by atoms with Crippen LogP contribution in [0.1, 0.15) is 38.7 Å². The van der Waals surface area contributed by atoms with E-state index < -0.39 is 0 Å². The first-order valence-electron chi connectivity index (χ1n) is 6.12. The van der Waals surface area contributed by atoms with Crippen LogP contribution in [0, 0.1) is 0 Å². The Balaban J connectivity index is 0.00000162. The zero-order valence-corrected chi connectivity index (χ0v) is 13.5. The van der Waals surface area contributed by atoms with Crippen LogP contribution in [0.4, 0.5) is 0 Å². The molecular weight excluding hydrogens is 337 g/mol. The third kappa shape index (κ3) is 4.48. The van der Waals surface area contributed by atoms with E-state index in [0.717, 1.165) is 6.42 Å². The molecule has 100 valence electrons. The zero-order valence-electron chi connectivity index (χ0n) is 11.2. The minimum Gasteiger partial charge on any atom is -0.370 e. The summed E-state index contributed by atoms with van der Waals surface area (Å²) in [4.78, 5) is 4.51. The first-order valence-corrected chi connectivity index (χ1v) is 6.12. The van der Waals surface area contributed by atoms with Crippen LogP contribution in [0.5, 0.6) is 0 Å². The number of benzene rings is 1. The number of hydrogen-bond donors (Lipinski definition) is 2. The number of nitrogens with two attached hydrogens (primary N) is 1. The van der Waals surface area contributed by atoms with Crippen molar-refractivity contribution in [3.05, 3.63) is 35.9 Å². The second-order valence-electron chi connectivity index (χ2n) is 5.71. The highest BCUT2D eigenvalue weighted by molar-refractivity contribution is 14.0. The standard InChI is InChI=1S/C14H21N3.HI/c1-14(2,3)17-13(15)16-12-9-11(12)10-7-5-4-6-8-10;/h4-8,11-12H,9H2,1-3H3,(H3,15,16,17);1H. The van der Waals surface area contributed by atoms with E-state index in [2.05, 4.69) is 55.3 Å². The summed E-state index contributed by atoms with van der Waals surface area (Å²) in [5, 5.41) is 3.19. The molecule has 2 rings (SSSR count). The fourth-order valence-electron chi connectivity index (χ4n) is 1.98. The van der Waals surface area contributed by atoms with Gasteiger partial charge in [0.05, 0.1) is 6.04 Å². The van der Waals surface area contributed by atoms with Gasteiger partial charge in [-0.1, -0.05) is 30.3 Å². The van der Waals surface area contributed by atoms with Crippen LogP contribution in [0.2, 0.25) is 0 Å². The number of nitrogens with one attached hydrogen (secondary N) is 1. The average Bonchev–Trinajstić information content (AvgIpc) is 2.95. The Morgan fingerprint density at radius 2 is 1.89 bits per heavy atom. The molecule has 1 saturated carbocycles. The smallest absolute Gasteiger partial charge is 0.189 e. The van der Waals surface area contributed by atoms with Gasteiger partial charge < -0.3 is 11.1 Å². The molecule has 0 spiro atoms. The van der Waals surface area contributed by atoms with Crippen LogP contribution >= 0.6 is 24.0 Å². The molecule has 4 heteroatoms. The molecule has 2 unspecified atom stereocenters. The van der Waals surface area contributed by atoms with Crippen LogP contribution in [0.3, 0.4) is 0 Å². The van der Waals surface area contributed by atoms with Gasteiger partial charge in [0.15, 0.2) is 5.96 Å². The summed E-state index contributed by atoms with van der Waals surface area (Å²) < 4.78 is 0. The Labute approximate surface area is 126 Å². The summed E-state index contributed by atoms with van der Waals surface area (Å²) in [6.45, 7) is 6.24. The van der Waals surface area contributed by atoms with Gasteiger partial charge in [0, 0.05) is 11.5 Å². The fourth-order valence-corrected chi connectivity index (χ4v) is 1.98. The maximum Gasteiger partial charge on any atom is 0.189 e. The second-order valence-corrected chi connectivity index (χ2v) is 5.71. The molecule has 0 heterocycles. The van der Waals surface area contributed by atoms with Crippen LogP contribution in [-0.2, 0) is 0 Å². The predicted octanol–water partition coefficient (Wildman–Crippen LogP) is 2.86. The number of halogens is 1. The maximum atomic E-state index is 5.88. The van der Waals surface area contributed by atoms with E-state index in [1.165, 1.54) is 5.56 Å². The first kappa shape index (κ1) is 15.3. The molecule has 3 N–H and O–H groups in total. The van der Waals surface area contributed by atoms with Gasteiger partial charge in [0.1, 0.15) is 0 Å². The van der Waals surface area contributed by atoms with Crippen LogP contribution < -0.4 is 11.1 Å². The summed E-state index contributed by atoms with van der Waals surface area (Å²) in [7, 11) is 0.